The molecule has 1 amide bonds. The van der Waals surface area contributed by atoms with Crippen molar-refractivity contribution < 1.29 is 4.79 Å². The largest absolute Gasteiger partial charge is 0.381 e. The number of carbonyl (C=O) groups excluding carboxylic acids is 1. The first kappa shape index (κ1) is 22.0. The summed E-state index contributed by atoms with van der Waals surface area (Å²) in [5.41, 5.74) is 1.90. The van der Waals surface area contributed by atoms with Gasteiger partial charge < -0.3 is 20.9 Å². The summed E-state index contributed by atoms with van der Waals surface area (Å²) in [4.78, 5) is 14.5. The molecule has 1 heterocycles. The molecule has 0 radical (unpaired) electrons. The number of hydrogen-bond donors (Lipinski definition) is 3. The number of piperidine rings is 1. The minimum Gasteiger partial charge on any atom is -0.381 e. The second-order valence-corrected chi connectivity index (χ2v) is 6.89. The lowest BCUT2D eigenvalue weighted by atomic mass is 10.0. The summed E-state index contributed by atoms with van der Waals surface area (Å²) in [6.45, 7) is 3.59. The van der Waals surface area contributed by atoms with E-state index in [1.54, 1.807) is 0 Å². The molecule has 2 aliphatic rings. The van der Waals surface area contributed by atoms with Crippen LogP contribution in [0.5, 0.6) is 0 Å². The maximum atomic E-state index is 12.1. The summed E-state index contributed by atoms with van der Waals surface area (Å²) in [6.07, 6.45) is 4.89. The van der Waals surface area contributed by atoms with Gasteiger partial charge in [0.25, 0.3) is 0 Å². The Morgan fingerprint density at radius 3 is 2.36 bits per heavy atom. The number of halogens is 2. The second kappa shape index (κ2) is 10.9. The third-order valence-electron chi connectivity index (χ3n) is 4.69. The van der Waals surface area contributed by atoms with Crippen LogP contribution in [0.1, 0.15) is 25.7 Å². The van der Waals surface area contributed by atoms with Crippen molar-refractivity contribution in [2.75, 3.05) is 43.9 Å². The zero-order chi connectivity index (χ0) is 16.1. The van der Waals surface area contributed by atoms with E-state index >= 15 is 0 Å². The van der Waals surface area contributed by atoms with Crippen LogP contribution in [0.25, 0.3) is 0 Å². The average Bonchev–Trinajstić information content (AvgIpc) is 3.36. The molecule has 1 saturated heterocycles. The molecule has 25 heavy (non-hydrogen) atoms. The molecule has 0 unspecified atom stereocenters. The van der Waals surface area contributed by atoms with Crippen molar-refractivity contribution in [1.82, 2.24) is 10.2 Å². The number of nitrogens with one attached hydrogen (secondary N) is 3. The Morgan fingerprint density at radius 1 is 1.08 bits per heavy atom. The van der Waals surface area contributed by atoms with E-state index in [0.29, 0.717) is 12.6 Å². The number of rotatable bonds is 7. The molecule has 7 heteroatoms. The Balaban J connectivity index is 0.00000156. The monoisotopic (exact) mass is 388 g/mol. The van der Waals surface area contributed by atoms with Crippen LogP contribution in [0.15, 0.2) is 24.3 Å². The summed E-state index contributed by atoms with van der Waals surface area (Å²) < 4.78 is 0. The Kier molecular flexibility index (Phi) is 9.57. The maximum absolute atomic E-state index is 12.1. The first-order valence-corrected chi connectivity index (χ1v) is 8.75. The van der Waals surface area contributed by atoms with Gasteiger partial charge in [-0.05, 0) is 70.4 Å². The molecule has 2 fully saturated rings. The highest BCUT2D eigenvalue weighted by Crippen LogP contribution is 2.27. The van der Waals surface area contributed by atoms with E-state index < -0.39 is 0 Å². The summed E-state index contributed by atoms with van der Waals surface area (Å²) in [5.74, 6) is 0.824. The van der Waals surface area contributed by atoms with Crippen LogP contribution in [0.4, 0.5) is 11.4 Å². The van der Waals surface area contributed by atoms with E-state index in [9.17, 15) is 4.79 Å². The number of likely N-dealkylation sites (tertiary alicyclic amines) is 1. The number of nitrogens with zero attached hydrogens (tertiary/aromatic N) is 1. The van der Waals surface area contributed by atoms with Crippen LogP contribution in [0.3, 0.4) is 0 Å². The second-order valence-electron chi connectivity index (χ2n) is 6.89. The lowest BCUT2D eigenvalue weighted by Gasteiger charge is -2.30. The number of amides is 1. The highest BCUT2D eigenvalue weighted by atomic mass is 35.5. The minimum atomic E-state index is 0. The Labute approximate surface area is 163 Å². The fraction of sp³-hybridized carbons (Fsp3) is 0.611. The molecular formula is C18H30Cl2N4O. The predicted octanol–water partition coefficient (Wildman–Crippen LogP) is 2.97. The van der Waals surface area contributed by atoms with E-state index in [1.807, 2.05) is 24.3 Å². The van der Waals surface area contributed by atoms with Crippen molar-refractivity contribution >= 4 is 42.1 Å². The molecule has 1 aromatic carbocycles. The lowest BCUT2D eigenvalue weighted by molar-refractivity contribution is -0.115. The topological polar surface area (TPSA) is 56.4 Å². The van der Waals surface area contributed by atoms with Crippen LogP contribution in [0, 0.1) is 5.92 Å². The van der Waals surface area contributed by atoms with Crippen molar-refractivity contribution in [3.05, 3.63) is 24.3 Å². The molecular weight excluding hydrogens is 359 g/mol. The van der Waals surface area contributed by atoms with Crippen LogP contribution < -0.4 is 16.0 Å². The fourth-order valence-corrected chi connectivity index (χ4v) is 3.00. The number of hydrogen-bond acceptors (Lipinski definition) is 4. The highest BCUT2D eigenvalue weighted by Gasteiger charge is 2.21. The molecule has 1 aliphatic heterocycles. The standard InChI is InChI=1S/C18H28N4O.2ClH/c1-22-10-8-15(9-11-22)20-16-4-2-3-5-17(16)21-18(23)13-19-12-14-6-7-14;;/h2-5,14-15,19-20H,6-13H2,1H3,(H,21,23);2*1H. The van der Waals surface area contributed by atoms with Crippen LogP contribution in [-0.4, -0.2) is 50.1 Å². The normalized spacial score (nSPS) is 18.0. The first-order valence-electron chi connectivity index (χ1n) is 8.75. The highest BCUT2D eigenvalue weighted by molar-refractivity contribution is 5.95. The van der Waals surface area contributed by atoms with Crippen LogP contribution >= 0.6 is 24.8 Å². The van der Waals surface area contributed by atoms with Gasteiger partial charge in [0.1, 0.15) is 0 Å². The summed E-state index contributed by atoms with van der Waals surface area (Å²) in [5, 5.41) is 9.86. The van der Waals surface area contributed by atoms with Gasteiger partial charge in [-0.3, -0.25) is 4.79 Å². The third-order valence-corrected chi connectivity index (χ3v) is 4.69. The van der Waals surface area contributed by atoms with Crippen molar-refractivity contribution in [2.45, 2.75) is 31.7 Å². The number of anilines is 2. The number of benzene rings is 1. The summed E-state index contributed by atoms with van der Waals surface area (Å²) in [6, 6.07) is 8.48. The number of carbonyl (C=O) groups is 1. The van der Waals surface area contributed by atoms with Gasteiger partial charge >= 0.3 is 0 Å². The van der Waals surface area contributed by atoms with Gasteiger partial charge in [-0.2, -0.15) is 0 Å². The van der Waals surface area contributed by atoms with E-state index in [-0.39, 0.29) is 30.7 Å². The van der Waals surface area contributed by atoms with Crippen molar-refractivity contribution in [3.8, 4) is 0 Å². The molecule has 1 aromatic rings. The maximum Gasteiger partial charge on any atom is 0.238 e. The molecule has 0 aromatic heterocycles. The van der Waals surface area contributed by atoms with Crippen molar-refractivity contribution in [2.24, 2.45) is 5.92 Å². The zero-order valence-electron chi connectivity index (χ0n) is 14.8. The lowest BCUT2D eigenvalue weighted by Crippen LogP contribution is -2.37. The SMILES string of the molecule is CN1CCC(Nc2ccccc2NC(=O)CNCC2CC2)CC1.Cl.Cl. The molecule has 0 bridgehead atoms. The smallest absolute Gasteiger partial charge is 0.238 e. The number of para-hydroxylation sites is 2. The molecule has 5 nitrogen and oxygen atoms in total. The van der Waals surface area contributed by atoms with Gasteiger partial charge in [-0.15, -0.1) is 24.8 Å². The van der Waals surface area contributed by atoms with Gasteiger partial charge in [0.15, 0.2) is 0 Å². The molecule has 1 aliphatic carbocycles. The average molecular weight is 389 g/mol. The van der Waals surface area contributed by atoms with Gasteiger partial charge in [-0.1, -0.05) is 12.1 Å². The van der Waals surface area contributed by atoms with E-state index in [4.69, 9.17) is 0 Å². The Bertz CT molecular complexity index is 532. The van der Waals surface area contributed by atoms with Gasteiger partial charge in [0, 0.05) is 6.04 Å². The fourth-order valence-electron chi connectivity index (χ4n) is 3.00. The Hall–Kier alpha value is -1.01. The van der Waals surface area contributed by atoms with Crippen LogP contribution in [0.2, 0.25) is 0 Å². The summed E-state index contributed by atoms with van der Waals surface area (Å²) >= 11 is 0. The van der Waals surface area contributed by atoms with Gasteiger partial charge in [0.05, 0.1) is 17.9 Å². The molecule has 142 valence electrons. The van der Waals surface area contributed by atoms with Crippen molar-refractivity contribution in [1.29, 1.82) is 0 Å². The first-order chi connectivity index (χ1) is 11.2. The zero-order valence-corrected chi connectivity index (χ0v) is 16.4. The van der Waals surface area contributed by atoms with Gasteiger partial charge in [0.2, 0.25) is 5.91 Å². The molecule has 0 atom stereocenters. The third kappa shape index (κ3) is 7.40. The van der Waals surface area contributed by atoms with E-state index in [2.05, 4.69) is 27.9 Å². The minimum absolute atomic E-state index is 0. The van der Waals surface area contributed by atoms with E-state index in [1.165, 1.54) is 12.8 Å². The van der Waals surface area contributed by atoms with E-state index in [0.717, 1.165) is 49.8 Å². The molecule has 0 spiro atoms. The Morgan fingerprint density at radius 2 is 1.72 bits per heavy atom. The quantitative estimate of drug-likeness (QED) is 0.671. The molecule has 3 N–H and O–H groups in total. The van der Waals surface area contributed by atoms with Crippen LogP contribution in [-0.2, 0) is 4.79 Å². The van der Waals surface area contributed by atoms with Crippen molar-refractivity contribution in [3.63, 3.8) is 0 Å². The predicted molar refractivity (Wildman–Crippen MR) is 109 cm³/mol. The molecule has 1 saturated carbocycles. The molecule has 3 rings (SSSR count). The summed E-state index contributed by atoms with van der Waals surface area (Å²) in [7, 11) is 2.17. The van der Waals surface area contributed by atoms with Gasteiger partial charge in [-0.25, -0.2) is 0 Å².